The summed E-state index contributed by atoms with van der Waals surface area (Å²) < 4.78 is 10.4. The molecule has 1 amide bonds. The molecule has 0 saturated heterocycles. The van der Waals surface area contributed by atoms with Crippen LogP contribution in [0.15, 0.2) is 39.4 Å². The number of esters is 1. The van der Waals surface area contributed by atoms with E-state index in [0.717, 1.165) is 5.56 Å². The minimum atomic E-state index is -0.713. The smallest absolute Gasteiger partial charge is 0.374 e. The van der Waals surface area contributed by atoms with Crippen molar-refractivity contribution < 1.29 is 23.5 Å². The Morgan fingerprint density at radius 2 is 2.09 bits per heavy atom. The van der Waals surface area contributed by atoms with Gasteiger partial charge in [0, 0.05) is 11.3 Å². The molecule has 3 rings (SSSR count). The fourth-order valence-electron chi connectivity index (χ4n) is 2.30. The number of Topliss-reactive ketones (excluding diaryl/α,β-unsaturated/α-hetero) is 1. The van der Waals surface area contributed by atoms with Gasteiger partial charge in [-0.25, -0.2) is 4.79 Å². The summed E-state index contributed by atoms with van der Waals surface area (Å²) in [5.41, 5.74) is 1.86. The summed E-state index contributed by atoms with van der Waals surface area (Å²) in [7, 11) is 0. The molecule has 0 fully saturated rings. The minimum absolute atomic E-state index is 0.0158. The molecule has 1 aromatic carbocycles. The van der Waals surface area contributed by atoms with E-state index in [0.29, 0.717) is 15.9 Å². The number of amides is 1. The third-order valence-electron chi connectivity index (χ3n) is 3.60. The molecule has 0 radical (unpaired) electrons. The molecule has 1 aliphatic heterocycles. The molecular formula is C16H12BrNO5. The van der Waals surface area contributed by atoms with E-state index in [1.165, 1.54) is 6.07 Å². The zero-order valence-corrected chi connectivity index (χ0v) is 13.7. The minimum Gasteiger partial charge on any atom is -0.451 e. The van der Waals surface area contributed by atoms with Crippen molar-refractivity contribution in [1.29, 1.82) is 0 Å². The van der Waals surface area contributed by atoms with Crippen LogP contribution in [-0.2, 0) is 9.53 Å². The SMILES string of the molecule is C[C@H]1C(=O)Nc2ccc(C(=O)COC(=O)c3ccc(Br)o3)cc21. The maximum atomic E-state index is 12.2. The Morgan fingerprint density at radius 1 is 1.30 bits per heavy atom. The molecule has 118 valence electrons. The van der Waals surface area contributed by atoms with Gasteiger partial charge in [0.15, 0.2) is 17.1 Å². The molecule has 2 aromatic rings. The first kappa shape index (κ1) is 15.5. The number of fused-ring (bicyclic) bond motifs is 1. The number of halogens is 1. The lowest BCUT2D eigenvalue weighted by molar-refractivity contribution is -0.116. The van der Waals surface area contributed by atoms with Gasteiger partial charge >= 0.3 is 5.97 Å². The average Bonchev–Trinajstić information content (AvgIpc) is 3.09. The van der Waals surface area contributed by atoms with Crippen LogP contribution in [-0.4, -0.2) is 24.3 Å². The van der Waals surface area contributed by atoms with Crippen molar-refractivity contribution in [3.63, 3.8) is 0 Å². The van der Waals surface area contributed by atoms with E-state index in [9.17, 15) is 14.4 Å². The van der Waals surface area contributed by atoms with Gasteiger partial charge in [-0.1, -0.05) is 0 Å². The van der Waals surface area contributed by atoms with Crippen molar-refractivity contribution in [3.05, 3.63) is 51.9 Å². The highest BCUT2D eigenvalue weighted by atomic mass is 79.9. The van der Waals surface area contributed by atoms with Gasteiger partial charge in [0.05, 0.1) is 5.92 Å². The lowest BCUT2D eigenvalue weighted by Crippen LogP contribution is -2.14. The number of hydrogen-bond acceptors (Lipinski definition) is 5. The van der Waals surface area contributed by atoms with E-state index in [-0.39, 0.29) is 23.4 Å². The zero-order valence-electron chi connectivity index (χ0n) is 12.1. The Hall–Kier alpha value is -2.41. The second kappa shape index (κ2) is 6.00. The Bertz CT molecular complexity index is 811. The first-order valence-corrected chi connectivity index (χ1v) is 7.65. The summed E-state index contributed by atoms with van der Waals surface area (Å²) in [6.07, 6.45) is 0. The summed E-state index contributed by atoms with van der Waals surface area (Å²) >= 11 is 3.08. The van der Waals surface area contributed by atoms with E-state index in [1.807, 2.05) is 0 Å². The van der Waals surface area contributed by atoms with Gasteiger partial charge in [0.25, 0.3) is 0 Å². The molecule has 1 aromatic heterocycles. The van der Waals surface area contributed by atoms with Crippen LogP contribution in [0.3, 0.4) is 0 Å². The van der Waals surface area contributed by atoms with Crippen LogP contribution in [0.1, 0.15) is 39.3 Å². The molecule has 2 heterocycles. The maximum Gasteiger partial charge on any atom is 0.374 e. The molecule has 1 aliphatic rings. The Kier molecular flexibility index (Phi) is 4.04. The summed E-state index contributed by atoms with van der Waals surface area (Å²) in [5.74, 6) is -1.45. The molecule has 7 heteroatoms. The number of carbonyl (C=O) groups excluding carboxylic acids is 3. The van der Waals surface area contributed by atoms with Crippen LogP contribution >= 0.6 is 15.9 Å². The van der Waals surface area contributed by atoms with Gasteiger partial charge in [0.2, 0.25) is 11.7 Å². The summed E-state index contributed by atoms with van der Waals surface area (Å²) in [6, 6.07) is 7.93. The number of anilines is 1. The van der Waals surface area contributed by atoms with Crippen LogP contribution in [0.2, 0.25) is 0 Å². The fourth-order valence-corrected chi connectivity index (χ4v) is 2.61. The van der Waals surface area contributed by atoms with Crippen molar-refractivity contribution in [2.24, 2.45) is 0 Å². The van der Waals surface area contributed by atoms with Crippen LogP contribution in [0.25, 0.3) is 0 Å². The van der Waals surface area contributed by atoms with Gasteiger partial charge in [-0.2, -0.15) is 0 Å². The molecule has 6 nitrogen and oxygen atoms in total. The first-order chi connectivity index (χ1) is 11.0. The van der Waals surface area contributed by atoms with E-state index in [2.05, 4.69) is 21.2 Å². The quantitative estimate of drug-likeness (QED) is 0.653. The number of ether oxygens (including phenoxy) is 1. The van der Waals surface area contributed by atoms with E-state index >= 15 is 0 Å². The molecule has 0 aliphatic carbocycles. The lowest BCUT2D eigenvalue weighted by Gasteiger charge is -2.06. The number of carbonyl (C=O) groups is 3. The van der Waals surface area contributed by atoms with Gasteiger partial charge in [-0.15, -0.1) is 0 Å². The molecule has 0 unspecified atom stereocenters. The highest BCUT2D eigenvalue weighted by Gasteiger charge is 2.27. The van der Waals surface area contributed by atoms with Crippen molar-refractivity contribution in [2.45, 2.75) is 12.8 Å². The molecule has 0 spiro atoms. The maximum absolute atomic E-state index is 12.2. The molecule has 0 bridgehead atoms. The molecule has 1 N–H and O–H groups in total. The lowest BCUT2D eigenvalue weighted by atomic mass is 9.99. The number of nitrogens with one attached hydrogen (secondary N) is 1. The molecule has 1 atom stereocenters. The number of benzene rings is 1. The Labute approximate surface area is 139 Å². The highest BCUT2D eigenvalue weighted by Crippen LogP contribution is 2.32. The Balaban J connectivity index is 1.67. The third-order valence-corrected chi connectivity index (χ3v) is 4.03. The Morgan fingerprint density at radius 3 is 2.78 bits per heavy atom. The molecule has 0 saturated carbocycles. The largest absolute Gasteiger partial charge is 0.451 e. The summed E-state index contributed by atoms with van der Waals surface area (Å²) in [6.45, 7) is 1.37. The second-order valence-electron chi connectivity index (χ2n) is 5.12. The zero-order chi connectivity index (χ0) is 16.6. The number of furan rings is 1. The van der Waals surface area contributed by atoms with E-state index < -0.39 is 12.6 Å². The molecular weight excluding hydrogens is 366 g/mol. The number of hydrogen-bond donors (Lipinski definition) is 1. The van der Waals surface area contributed by atoms with Crippen molar-refractivity contribution >= 4 is 39.3 Å². The van der Waals surface area contributed by atoms with Crippen molar-refractivity contribution in [3.8, 4) is 0 Å². The van der Waals surface area contributed by atoms with Crippen LogP contribution in [0.5, 0.6) is 0 Å². The van der Waals surface area contributed by atoms with Gasteiger partial charge < -0.3 is 14.5 Å². The molecule has 23 heavy (non-hydrogen) atoms. The normalized spacial score (nSPS) is 15.9. The fraction of sp³-hybridized carbons (Fsp3) is 0.188. The van der Waals surface area contributed by atoms with Gasteiger partial charge in [-0.05, 0) is 58.7 Å². The van der Waals surface area contributed by atoms with Crippen molar-refractivity contribution in [1.82, 2.24) is 0 Å². The number of rotatable bonds is 4. The topological polar surface area (TPSA) is 85.6 Å². The second-order valence-corrected chi connectivity index (χ2v) is 5.90. The monoisotopic (exact) mass is 377 g/mol. The predicted molar refractivity (Wildman–Crippen MR) is 84.5 cm³/mol. The predicted octanol–water partition coefficient (Wildman–Crippen LogP) is 3.14. The third kappa shape index (κ3) is 3.05. The van der Waals surface area contributed by atoms with Gasteiger partial charge in [0.1, 0.15) is 0 Å². The number of ketones is 1. The van der Waals surface area contributed by atoms with E-state index in [1.54, 1.807) is 31.2 Å². The standard InChI is InChI=1S/C16H12BrNO5/c1-8-10-6-9(2-3-11(10)18-15(8)20)12(19)7-22-16(21)13-4-5-14(17)23-13/h2-6,8H,7H2,1H3,(H,18,20)/t8-/m1/s1. The van der Waals surface area contributed by atoms with Crippen molar-refractivity contribution in [2.75, 3.05) is 11.9 Å². The van der Waals surface area contributed by atoms with Crippen LogP contribution in [0, 0.1) is 0 Å². The average molecular weight is 378 g/mol. The summed E-state index contributed by atoms with van der Waals surface area (Å²) in [5, 5.41) is 2.73. The van der Waals surface area contributed by atoms with Crippen LogP contribution in [0.4, 0.5) is 5.69 Å². The van der Waals surface area contributed by atoms with Crippen LogP contribution < -0.4 is 5.32 Å². The highest BCUT2D eigenvalue weighted by molar-refractivity contribution is 9.10. The van der Waals surface area contributed by atoms with Gasteiger partial charge in [-0.3, -0.25) is 9.59 Å². The van der Waals surface area contributed by atoms with E-state index in [4.69, 9.17) is 9.15 Å². The first-order valence-electron chi connectivity index (χ1n) is 6.86. The summed E-state index contributed by atoms with van der Waals surface area (Å²) in [4.78, 5) is 35.5.